The standard InChI is InChI=1S/C12H12N4O3/c1-2-9-10(13)14-11(15-12(9)17)7-4-3-5-8(6-7)16(18)19/h3-6H,2H2,1H3,(H3,13,14,15,17). The lowest BCUT2D eigenvalue weighted by Crippen LogP contribution is -2.17. The van der Waals surface area contributed by atoms with Crippen LogP contribution in [0, 0.1) is 10.1 Å². The zero-order chi connectivity index (χ0) is 14.0. The fraction of sp³-hybridized carbons (Fsp3) is 0.167. The number of nitrogens with two attached hydrogens (primary N) is 1. The Balaban J connectivity index is 2.57. The van der Waals surface area contributed by atoms with Crippen LogP contribution in [0.2, 0.25) is 0 Å². The van der Waals surface area contributed by atoms with E-state index in [2.05, 4.69) is 9.97 Å². The van der Waals surface area contributed by atoms with Crippen molar-refractivity contribution >= 4 is 11.5 Å². The van der Waals surface area contributed by atoms with Gasteiger partial charge in [0.25, 0.3) is 11.2 Å². The molecule has 7 heteroatoms. The van der Waals surface area contributed by atoms with Gasteiger partial charge in [0.15, 0.2) is 0 Å². The summed E-state index contributed by atoms with van der Waals surface area (Å²) < 4.78 is 0. The molecule has 0 atom stereocenters. The van der Waals surface area contributed by atoms with E-state index in [1.165, 1.54) is 18.2 Å². The van der Waals surface area contributed by atoms with Crippen LogP contribution in [0.1, 0.15) is 12.5 Å². The topological polar surface area (TPSA) is 115 Å². The Hall–Kier alpha value is -2.70. The number of H-pyrrole nitrogens is 1. The Morgan fingerprint density at radius 2 is 2.21 bits per heavy atom. The van der Waals surface area contributed by atoms with Crippen LogP contribution in [0.3, 0.4) is 0 Å². The third-order valence-corrected chi connectivity index (χ3v) is 2.73. The van der Waals surface area contributed by atoms with E-state index in [9.17, 15) is 14.9 Å². The predicted octanol–water partition coefficient (Wildman–Crippen LogP) is 1.49. The molecule has 0 saturated carbocycles. The second-order valence-electron chi connectivity index (χ2n) is 3.94. The van der Waals surface area contributed by atoms with Gasteiger partial charge in [0.2, 0.25) is 0 Å². The molecule has 0 aliphatic heterocycles. The van der Waals surface area contributed by atoms with Crippen molar-refractivity contribution in [2.24, 2.45) is 0 Å². The van der Waals surface area contributed by atoms with E-state index in [0.717, 1.165) is 0 Å². The number of hydrogen-bond donors (Lipinski definition) is 2. The number of hydrogen-bond acceptors (Lipinski definition) is 5. The number of anilines is 1. The van der Waals surface area contributed by atoms with Crippen molar-refractivity contribution in [3.8, 4) is 11.4 Å². The van der Waals surface area contributed by atoms with Crippen LogP contribution in [0.5, 0.6) is 0 Å². The number of rotatable bonds is 3. The van der Waals surface area contributed by atoms with Crippen LogP contribution >= 0.6 is 0 Å². The summed E-state index contributed by atoms with van der Waals surface area (Å²) in [6.45, 7) is 1.80. The maximum atomic E-state index is 11.8. The predicted molar refractivity (Wildman–Crippen MR) is 70.7 cm³/mol. The van der Waals surface area contributed by atoms with E-state index in [1.807, 2.05) is 0 Å². The average molecular weight is 260 g/mol. The average Bonchev–Trinajstić information content (AvgIpc) is 2.38. The second-order valence-corrected chi connectivity index (χ2v) is 3.94. The van der Waals surface area contributed by atoms with Crippen molar-refractivity contribution in [3.05, 3.63) is 50.3 Å². The van der Waals surface area contributed by atoms with Crippen LogP contribution in [0.25, 0.3) is 11.4 Å². The molecule has 98 valence electrons. The van der Waals surface area contributed by atoms with Crippen molar-refractivity contribution in [2.45, 2.75) is 13.3 Å². The summed E-state index contributed by atoms with van der Waals surface area (Å²) in [5.74, 6) is 0.371. The molecule has 2 rings (SSSR count). The SMILES string of the molecule is CCc1c(N)nc(-c2cccc([N+](=O)[O-])c2)[nH]c1=O. The minimum Gasteiger partial charge on any atom is -0.383 e. The number of nitro benzene ring substituents is 1. The van der Waals surface area contributed by atoms with E-state index >= 15 is 0 Å². The van der Waals surface area contributed by atoms with Crippen molar-refractivity contribution in [1.29, 1.82) is 0 Å². The molecule has 0 unspecified atom stereocenters. The molecule has 19 heavy (non-hydrogen) atoms. The summed E-state index contributed by atoms with van der Waals surface area (Å²) in [5, 5.41) is 10.7. The normalized spacial score (nSPS) is 10.4. The lowest BCUT2D eigenvalue weighted by molar-refractivity contribution is -0.384. The largest absolute Gasteiger partial charge is 0.383 e. The summed E-state index contributed by atoms with van der Waals surface area (Å²) in [7, 11) is 0. The molecule has 3 N–H and O–H groups in total. The van der Waals surface area contributed by atoms with E-state index in [0.29, 0.717) is 17.5 Å². The van der Waals surface area contributed by atoms with Gasteiger partial charge in [-0.1, -0.05) is 19.1 Å². The zero-order valence-electron chi connectivity index (χ0n) is 10.2. The van der Waals surface area contributed by atoms with E-state index in [4.69, 9.17) is 5.73 Å². The number of non-ortho nitro benzene ring substituents is 1. The number of aromatic amines is 1. The van der Waals surface area contributed by atoms with Crippen LogP contribution in [0.4, 0.5) is 11.5 Å². The molecule has 0 fully saturated rings. The molecular formula is C12H12N4O3. The molecule has 0 aliphatic rings. The molecule has 1 aromatic carbocycles. The molecule has 0 bridgehead atoms. The third kappa shape index (κ3) is 2.44. The van der Waals surface area contributed by atoms with Crippen LogP contribution < -0.4 is 11.3 Å². The van der Waals surface area contributed by atoms with Crippen LogP contribution in [0.15, 0.2) is 29.1 Å². The van der Waals surface area contributed by atoms with Gasteiger partial charge >= 0.3 is 0 Å². The highest BCUT2D eigenvalue weighted by Gasteiger charge is 2.11. The highest BCUT2D eigenvalue weighted by molar-refractivity contribution is 5.60. The van der Waals surface area contributed by atoms with Crippen molar-refractivity contribution < 1.29 is 4.92 Å². The molecule has 0 spiro atoms. The summed E-state index contributed by atoms with van der Waals surface area (Å²) in [4.78, 5) is 28.6. The van der Waals surface area contributed by atoms with Gasteiger partial charge in [-0.15, -0.1) is 0 Å². The molecule has 2 aromatic rings. The highest BCUT2D eigenvalue weighted by atomic mass is 16.6. The van der Waals surface area contributed by atoms with Gasteiger partial charge in [-0.2, -0.15) is 0 Å². The summed E-state index contributed by atoms with van der Waals surface area (Å²) >= 11 is 0. The zero-order valence-corrected chi connectivity index (χ0v) is 10.2. The van der Waals surface area contributed by atoms with Crippen molar-refractivity contribution in [1.82, 2.24) is 9.97 Å². The van der Waals surface area contributed by atoms with E-state index in [-0.39, 0.29) is 22.9 Å². The number of nitrogens with one attached hydrogen (secondary N) is 1. The molecule has 0 radical (unpaired) electrons. The first-order valence-electron chi connectivity index (χ1n) is 5.66. The number of nitro groups is 1. The van der Waals surface area contributed by atoms with Gasteiger partial charge in [-0.25, -0.2) is 4.98 Å². The van der Waals surface area contributed by atoms with Crippen LogP contribution in [-0.2, 0) is 6.42 Å². The highest BCUT2D eigenvalue weighted by Crippen LogP contribution is 2.21. The quantitative estimate of drug-likeness (QED) is 0.640. The molecule has 0 amide bonds. The Labute approximate surface area is 108 Å². The van der Waals surface area contributed by atoms with Gasteiger partial charge in [-0.05, 0) is 6.42 Å². The van der Waals surface area contributed by atoms with Crippen molar-refractivity contribution in [3.63, 3.8) is 0 Å². The first-order valence-corrected chi connectivity index (χ1v) is 5.66. The lowest BCUT2D eigenvalue weighted by Gasteiger charge is -2.05. The van der Waals surface area contributed by atoms with Gasteiger partial charge < -0.3 is 10.7 Å². The van der Waals surface area contributed by atoms with Crippen molar-refractivity contribution in [2.75, 3.05) is 5.73 Å². The summed E-state index contributed by atoms with van der Waals surface area (Å²) in [5.41, 5.74) is 6.17. The Kier molecular flexibility index (Phi) is 3.28. The number of aromatic nitrogens is 2. The molecule has 0 aliphatic carbocycles. The Morgan fingerprint density at radius 3 is 2.79 bits per heavy atom. The second kappa shape index (κ2) is 4.89. The van der Waals surface area contributed by atoms with E-state index in [1.54, 1.807) is 13.0 Å². The maximum absolute atomic E-state index is 11.8. The van der Waals surface area contributed by atoms with Gasteiger partial charge in [0.1, 0.15) is 11.6 Å². The van der Waals surface area contributed by atoms with Gasteiger partial charge in [-0.3, -0.25) is 14.9 Å². The fourth-order valence-electron chi connectivity index (χ4n) is 1.76. The Bertz CT molecular complexity index is 694. The smallest absolute Gasteiger partial charge is 0.270 e. The summed E-state index contributed by atoms with van der Waals surface area (Å²) in [6.07, 6.45) is 0.476. The molecule has 7 nitrogen and oxygen atoms in total. The molecule has 1 aromatic heterocycles. The number of nitrogen functional groups attached to an aromatic ring is 1. The van der Waals surface area contributed by atoms with Crippen LogP contribution in [-0.4, -0.2) is 14.9 Å². The maximum Gasteiger partial charge on any atom is 0.270 e. The van der Waals surface area contributed by atoms with E-state index < -0.39 is 4.92 Å². The third-order valence-electron chi connectivity index (χ3n) is 2.73. The molecule has 1 heterocycles. The summed E-state index contributed by atoms with van der Waals surface area (Å²) in [6, 6.07) is 5.85. The fourth-order valence-corrected chi connectivity index (χ4v) is 1.76. The minimum atomic E-state index is -0.509. The first kappa shape index (κ1) is 12.7. The van der Waals surface area contributed by atoms with Gasteiger partial charge in [0.05, 0.1) is 10.5 Å². The minimum absolute atomic E-state index is 0.0710. The molecular weight excluding hydrogens is 248 g/mol. The monoisotopic (exact) mass is 260 g/mol. The lowest BCUT2D eigenvalue weighted by atomic mass is 10.1. The Morgan fingerprint density at radius 1 is 1.47 bits per heavy atom. The van der Waals surface area contributed by atoms with Gasteiger partial charge in [0, 0.05) is 17.7 Å². The number of benzene rings is 1. The molecule has 0 saturated heterocycles. The first-order chi connectivity index (χ1) is 9.02. The number of nitrogens with zero attached hydrogens (tertiary/aromatic N) is 2.